The van der Waals surface area contributed by atoms with Gasteiger partial charge in [-0.05, 0) is 49.1 Å². The predicted octanol–water partition coefficient (Wildman–Crippen LogP) is 8.45. The van der Waals surface area contributed by atoms with Crippen LogP contribution in [0.5, 0.6) is 17.2 Å². The van der Waals surface area contributed by atoms with E-state index in [0.29, 0.717) is 86.7 Å². The Morgan fingerprint density at radius 2 is 1.17 bits per heavy atom. The van der Waals surface area contributed by atoms with E-state index in [2.05, 4.69) is 47.0 Å². The van der Waals surface area contributed by atoms with Gasteiger partial charge in [-0.3, -0.25) is 10.2 Å². The monoisotopic (exact) mass is 590 g/mol. The minimum Gasteiger partial charge on any atom is -0.489 e. The van der Waals surface area contributed by atoms with E-state index in [-0.39, 0.29) is 5.91 Å². The predicted molar refractivity (Wildman–Crippen MR) is 173 cm³/mol. The summed E-state index contributed by atoms with van der Waals surface area (Å²) in [6, 6.07) is 3.71. The van der Waals surface area contributed by atoms with Crippen LogP contribution in [0.25, 0.3) is 0 Å². The number of carbonyl (C=O) groups is 1. The van der Waals surface area contributed by atoms with Crippen LogP contribution in [0.15, 0.2) is 12.1 Å². The molecular weight excluding hydrogens is 528 g/mol. The molecule has 1 heterocycles. The molecule has 42 heavy (non-hydrogen) atoms. The maximum absolute atomic E-state index is 13.5. The highest BCUT2D eigenvalue weighted by atomic mass is 16.5. The van der Waals surface area contributed by atoms with Crippen LogP contribution in [0.1, 0.15) is 129 Å². The van der Waals surface area contributed by atoms with Crippen molar-refractivity contribution in [3.05, 3.63) is 17.7 Å². The SMILES string of the molecule is CCCCC(CC)COc1cc(C(=O)NN2CCOCC2)cc(OCC(CC)CCCC)c1OCC(CC)CCCC. The van der Waals surface area contributed by atoms with Gasteiger partial charge in [0.05, 0.1) is 33.0 Å². The summed E-state index contributed by atoms with van der Waals surface area (Å²) in [5, 5.41) is 1.92. The standard InChI is InChI=1S/C35H62N2O5/c1-7-13-16-28(10-4)25-40-32-23-31(35(38)36-37-19-21-39-22-20-37)24-33(41-26-29(11-5)17-14-8-2)34(32)42-27-30(12-6)18-15-9-3/h23-24,28-30H,7-22,25-27H2,1-6H3,(H,36,38). The summed E-state index contributed by atoms with van der Waals surface area (Å²) in [6.07, 6.45) is 13.7. The fraction of sp³-hybridized carbons (Fsp3) is 0.800. The van der Waals surface area contributed by atoms with E-state index in [1.54, 1.807) is 0 Å². The van der Waals surface area contributed by atoms with Crippen LogP contribution in [0.3, 0.4) is 0 Å². The van der Waals surface area contributed by atoms with Crippen LogP contribution >= 0.6 is 0 Å². The number of nitrogens with zero attached hydrogens (tertiary/aromatic N) is 1. The number of morpholine rings is 1. The number of unbranched alkanes of at least 4 members (excludes halogenated alkanes) is 3. The van der Waals surface area contributed by atoms with Crippen LogP contribution in [0.2, 0.25) is 0 Å². The number of hydrogen-bond donors (Lipinski definition) is 1. The topological polar surface area (TPSA) is 69.3 Å². The molecule has 2 rings (SSSR count). The lowest BCUT2D eigenvalue weighted by atomic mass is 10.00. The molecule has 0 bridgehead atoms. The summed E-state index contributed by atoms with van der Waals surface area (Å²) in [7, 11) is 0. The van der Waals surface area contributed by atoms with Gasteiger partial charge in [0.1, 0.15) is 0 Å². The molecule has 3 atom stereocenters. The Bertz CT molecular complexity index is 817. The van der Waals surface area contributed by atoms with Crippen molar-refractivity contribution >= 4 is 5.91 Å². The number of rotatable bonds is 23. The average Bonchev–Trinajstić information content (AvgIpc) is 3.02. The van der Waals surface area contributed by atoms with Crippen molar-refractivity contribution < 1.29 is 23.7 Å². The fourth-order valence-corrected chi connectivity index (χ4v) is 5.26. The first kappa shape index (κ1) is 36.2. The normalized spacial score (nSPS) is 16.0. The average molecular weight is 591 g/mol. The van der Waals surface area contributed by atoms with Gasteiger partial charge >= 0.3 is 0 Å². The van der Waals surface area contributed by atoms with Gasteiger partial charge in [0.2, 0.25) is 5.75 Å². The summed E-state index contributed by atoms with van der Waals surface area (Å²) in [5.74, 6) is 3.09. The van der Waals surface area contributed by atoms with Crippen molar-refractivity contribution in [2.24, 2.45) is 17.8 Å². The largest absolute Gasteiger partial charge is 0.489 e. The summed E-state index contributed by atoms with van der Waals surface area (Å²) < 4.78 is 25.1. The first-order valence-corrected chi connectivity index (χ1v) is 17.2. The number of hydrogen-bond acceptors (Lipinski definition) is 6. The second-order valence-corrected chi connectivity index (χ2v) is 12.0. The molecule has 1 aromatic carbocycles. The Hall–Kier alpha value is -1.99. The van der Waals surface area contributed by atoms with Gasteiger partial charge in [0.25, 0.3) is 5.91 Å². The van der Waals surface area contributed by atoms with E-state index < -0.39 is 0 Å². The molecule has 1 aliphatic rings. The zero-order valence-corrected chi connectivity index (χ0v) is 27.8. The Morgan fingerprint density at radius 3 is 1.57 bits per heavy atom. The van der Waals surface area contributed by atoms with E-state index in [9.17, 15) is 4.79 Å². The van der Waals surface area contributed by atoms with Crippen molar-refractivity contribution in [1.29, 1.82) is 0 Å². The zero-order valence-electron chi connectivity index (χ0n) is 27.8. The first-order valence-electron chi connectivity index (χ1n) is 17.2. The second kappa shape index (κ2) is 21.7. The summed E-state index contributed by atoms with van der Waals surface area (Å²) in [5.41, 5.74) is 3.59. The van der Waals surface area contributed by atoms with Crippen LogP contribution < -0.4 is 19.6 Å². The number of amides is 1. The van der Waals surface area contributed by atoms with Gasteiger partial charge in [-0.25, -0.2) is 5.01 Å². The number of nitrogens with one attached hydrogen (secondary N) is 1. The van der Waals surface area contributed by atoms with Crippen molar-refractivity contribution in [2.45, 2.75) is 119 Å². The molecular formula is C35H62N2O5. The lowest BCUT2D eigenvalue weighted by molar-refractivity contribution is 0.0126. The molecule has 0 aliphatic carbocycles. The maximum Gasteiger partial charge on any atom is 0.265 e. The number of hydrazine groups is 1. The summed E-state index contributed by atoms with van der Waals surface area (Å²) in [6.45, 7) is 17.7. The van der Waals surface area contributed by atoms with Crippen LogP contribution in [0.4, 0.5) is 0 Å². The fourth-order valence-electron chi connectivity index (χ4n) is 5.26. The quantitative estimate of drug-likeness (QED) is 0.138. The first-order chi connectivity index (χ1) is 20.5. The highest BCUT2D eigenvalue weighted by Gasteiger charge is 2.23. The van der Waals surface area contributed by atoms with Crippen LogP contribution in [-0.4, -0.2) is 57.0 Å². The molecule has 1 aliphatic heterocycles. The van der Waals surface area contributed by atoms with E-state index >= 15 is 0 Å². The van der Waals surface area contributed by atoms with Crippen molar-refractivity contribution in [2.75, 3.05) is 46.1 Å². The second-order valence-electron chi connectivity index (χ2n) is 12.0. The lowest BCUT2D eigenvalue weighted by Gasteiger charge is -2.27. The minimum atomic E-state index is -0.163. The maximum atomic E-state index is 13.5. The zero-order chi connectivity index (χ0) is 30.6. The molecule has 242 valence electrons. The molecule has 3 unspecified atom stereocenters. The molecule has 7 nitrogen and oxygen atoms in total. The van der Waals surface area contributed by atoms with E-state index in [4.69, 9.17) is 18.9 Å². The number of benzene rings is 1. The molecule has 1 amide bonds. The van der Waals surface area contributed by atoms with Gasteiger partial charge in [-0.15, -0.1) is 0 Å². The van der Waals surface area contributed by atoms with E-state index in [1.807, 2.05) is 17.1 Å². The van der Waals surface area contributed by atoms with Crippen LogP contribution in [-0.2, 0) is 4.74 Å². The molecule has 1 saturated heterocycles. The molecule has 0 radical (unpaired) electrons. The van der Waals surface area contributed by atoms with Gasteiger partial charge in [0.15, 0.2) is 11.5 Å². The third-order valence-corrected chi connectivity index (χ3v) is 8.60. The van der Waals surface area contributed by atoms with Crippen LogP contribution in [0, 0.1) is 17.8 Å². The van der Waals surface area contributed by atoms with Gasteiger partial charge in [0, 0.05) is 18.7 Å². The molecule has 1 N–H and O–H groups in total. The van der Waals surface area contributed by atoms with Crippen molar-refractivity contribution in [3.8, 4) is 17.2 Å². The molecule has 1 aromatic rings. The molecule has 7 heteroatoms. The van der Waals surface area contributed by atoms with Gasteiger partial charge < -0.3 is 18.9 Å². The van der Waals surface area contributed by atoms with E-state index in [0.717, 1.165) is 38.5 Å². The van der Waals surface area contributed by atoms with Crippen molar-refractivity contribution in [3.63, 3.8) is 0 Å². The molecule has 0 aromatic heterocycles. The Balaban J connectivity index is 2.42. The van der Waals surface area contributed by atoms with Gasteiger partial charge in [-0.2, -0.15) is 0 Å². The Morgan fingerprint density at radius 1 is 0.738 bits per heavy atom. The minimum absolute atomic E-state index is 0.163. The number of ether oxygens (including phenoxy) is 4. The molecule has 0 saturated carbocycles. The Kier molecular flexibility index (Phi) is 18.7. The van der Waals surface area contributed by atoms with Gasteiger partial charge in [-0.1, -0.05) is 99.3 Å². The summed E-state index contributed by atoms with van der Waals surface area (Å²) >= 11 is 0. The lowest BCUT2D eigenvalue weighted by Crippen LogP contribution is -2.48. The van der Waals surface area contributed by atoms with E-state index in [1.165, 1.54) is 38.5 Å². The third kappa shape index (κ3) is 13.1. The molecule has 0 spiro atoms. The highest BCUT2D eigenvalue weighted by Crippen LogP contribution is 2.40. The third-order valence-electron chi connectivity index (χ3n) is 8.60. The highest BCUT2D eigenvalue weighted by molar-refractivity contribution is 5.95. The number of carbonyl (C=O) groups excluding carboxylic acids is 1. The Labute approximate surface area is 257 Å². The molecule has 1 fully saturated rings. The smallest absolute Gasteiger partial charge is 0.265 e. The van der Waals surface area contributed by atoms with Crippen molar-refractivity contribution in [1.82, 2.24) is 10.4 Å². The summed E-state index contributed by atoms with van der Waals surface area (Å²) in [4.78, 5) is 13.5.